The standard InChI is InChI=1S/C17H17BrN2O2/c1-2-22-16-10-6-5-9-15(16)20-17(21)19-12-11-13-7-3-4-8-14(13)18/h3-12H,2H2,1H3,(H2,19,20,21)/b12-11+. The number of hydrogen-bond donors (Lipinski definition) is 2. The Kier molecular flexibility index (Phi) is 6.03. The summed E-state index contributed by atoms with van der Waals surface area (Å²) in [6.45, 7) is 2.44. The minimum atomic E-state index is -0.324. The lowest BCUT2D eigenvalue weighted by molar-refractivity contribution is 0.255. The van der Waals surface area contributed by atoms with Gasteiger partial charge in [-0.3, -0.25) is 0 Å². The third-order valence-electron chi connectivity index (χ3n) is 2.82. The maximum atomic E-state index is 11.9. The van der Waals surface area contributed by atoms with E-state index in [-0.39, 0.29) is 6.03 Å². The quantitative estimate of drug-likeness (QED) is 0.815. The molecule has 114 valence electrons. The zero-order valence-corrected chi connectivity index (χ0v) is 13.8. The van der Waals surface area contributed by atoms with Crippen molar-refractivity contribution in [2.45, 2.75) is 6.92 Å². The molecule has 0 fully saturated rings. The molecule has 2 aromatic rings. The number of carbonyl (C=O) groups excluding carboxylic acids is 1. The van der Waals surface area contributed by atoms with Gasteiger partial charge in [-0.25, -0.2) is 4.79 Å². The molecule has 22 heavy (non-hydrogen) atoms. The highest BCUT2D eigenvalue weighted by molar-refractivity contribution is 9.10. The molecule has 0 aliphatic rings. The van der Waals surface area contributed by atoms with E-state index in [4.69, 9.17) is 4.74 Å². The Morgan fingerprint density at radius 2 is 1.91 bits per heavy atom. The summed E-state index contributed by atoms with van der Waals surface area (Å²) in [6, 6.07) is 14.8. The first-order valence-electron chi connectivity index (χ1n) is 6.91. The van der Waals surface area contributed by atoms with E-state index in [1.54, 1.807) is 12.3 Å². The van der Waals surface area contributed by atoms with Crippen molar-refractivity contribution >= 4 is 33.7 Å². The number of benzene rings is 2. The Balaban J connectivity index is 1.95. The number of halogens is 1. The Labute approximate surface area is 138 Å². The van der Waals surface area contributed by atoms with Crippen LogP contribution >= 0.6 is 15.9 Å². The molecular formula is C17H17BrN2O2. The average Bonchev–Trinajstić information content (AvgIpc) is 2.51. The van der Waals surface area contributed by atoms with Gasteiger partial charge in [0.15, 0.2) is 0 Å². The summed E-state index contributed by atoms with van der Waals surface area (Å²) in [6.07, 6.45) is 3.41. The number of amides is 2. The molecule has 5 heteroatoms. The van der Waals surface area contributed by atoms with E-state index in [9.17, 15) is 4.79 Å². The third kappa shape index (κ3) is 4.63. The van der Waals surface area contributed by atoms with Crippen molar-refractivity contribution in [1.82, 2.24) is 5.32 Å². The second-order valence-electron chi connectivity index (χ2n) is 4.38. The van der Waals surface area contributed by atoms with Crippen LogP contribution in [-0.2, 0) is 0 Å². The van der Waals surface area contributed by atoms with Crippen molar-refractivity contribution in [2.75, 3.05) is 11.9 Å². The fourth-order valence-electron chi connectivity index (χ4n) is 1.83. The molecule has 2 aromatic carbocycles. The number of ether oxygens (including phenoxy) is 1. The summed E-state index contributed by atoms with van der Waals surface area (Å²) >= 11 is 3.45. The van der Waals surface area contributed by atoms with E-state index < -0.39 is 0 Å². The van der Waals surface area contributed by atoms with Gasteiger partial charge < -0.3 is 15.4 Å². The molecule has 0 aliphatic heterocycles. The molecule has 0 radical (unpaired) electrons. The normalized spacial score (nSPS) is 10.5. The predicted molar refractivity (Wildman–Crippen MR) is 92.9 cm³/mol. The largest absolute Gasteiger partial charge is 0.492 e. The number of para-hydroxylation sites is 2. The number of anilines is 1. The highest BCUT2D eigenvalue weighted by Crippen LogP contribution is 2.23. The lowest BCUT2D eigenvalue weighted by Gasteiger charge is -2.10. The first kappa shape index (κ1) is 16.1. The van der Waals surface area contributed by atoms with E-state index in [0.29, 0.717) is 18.0 Å². The second-order valence-corrected chi connectivity index (χ2v) is 5.24. The lowest BCUT2D eigenvalue weighted by atomic mass is 10.2. The smallest absolute Gasteiger partial charge is 0.323 e. The van der Waals surface area contributed by atoms with Crippen molar-refractivity contribution in [3.05, 3.63) is 64.8 Å². The van der Waals surface area contributed by atoms with Crippen molar-refractivity contribution in [1.29, 1.82) is 0 Å². The van der Waals surface area contributed by atoms with Gasteiger partial charge in [-0.15, -0.1) is 0 Å². The number of hydrogen-bond acceptors (Lipinski definition) is 2. The van der Waals surface area contributed by atoms with Crippen LogP contribution in [0.25, 0.3) is 6.08 Å². The summed E-state index contributed by atoms with van der Waals surface area (Å²) in [5.41, 5.74) is 1.62. The van der Waals surface area contributed by atoms with Crippen LogP contribution in [0.2, 0.25) is 0 Å². The fraction of sp³-hybridized carbons (Fsp3) is 0.118. The van der Waals surface area contributed by atoms with Crippen molar-refractivity contribution in [3.8, 4) is 5.75 Å². The first-order chi connectivity index (χ1) is 10.7. The molecule has 0 unspecified atom stereocenters. The molecule has 0 bridgehead atoms. The van der Waals surface area contributed by atoms with Crippen LogP contribution in [0.4, 0.5) is 10.5 Å². The molecule has 0 saturated heterocycles. The molecule has 4 nitrogen and oxygen atoms in total. The molecule has 0 heterocycles. The molecule has 0 aromatic heterocycles. The van der Waals surface area contributed by atoms with Crippen LogP contribution in [-0.4, -0.2) is 12.6 Å². The monoisotopic (exact) mass is 360 g/mol. The van der Waals surface area contributed by atoms with Crippen LogP contribution in [0.15, 0.2) is 59.2 Å². The number of urea groups is 1. The van der Waals surface area contributed by atoms with Gasteiger partial charge in [0.05, 0.1) is 12.3 Å². The SMILES string of the molecule is CCOc1ccccc1NC(=O)N/C=C/c1ccccc1Br. The Morgan fingerprint density at radius 3 is 2.68 bits per heavy atom. The van der Waals surface area contributed by atoms with E-state index in [1.807, 2.05) is 55.5 Å². The summed E-state index contributed by atoms with van der Waals surface area (Å²) in [4.78, 5) is 11.9. The van der Waals surface area contributed by atoms with Gasteiger partial charge in [0, 0.05) is 10.7 Å². The molecule has 2 N–H and O–H groups in total. The predicted octanol–water partition coefficient (Wildman–Crippen LogP) is 4.64. The highest BCUT2D eigenvalue weighted by atomic mass is 79.9. The summed E-state index contributed by atoms with van der Waals surface area (Å²) in [7, 11) is 0. The number of nitrogens with one attached hydrogen (secondary N) is 2. The molecule has 2 rings (SSSR count). The van der Waals surface area contributed by atoms with Gasteiger partial charge in [-0.05, 0) is 36.8 Å². The molecule has 2 amide bonds. The van der Waals surface area contributed by atoms with Gasteiger partial charge >= 0.3 is 6.03 Å². The Morgan fingerprint density at radius 1 is 1.18 bits per heavy atom. The van der Waals surface area contributed by atoms with E-state index in [2.05, 4.69) is 26.6 Å². The van der Waals surface area contributed by atoms with Crippen LogP contribution in [0.1, 0.15) is 12.5 Å². The lowest BCUT2D eigenvalue weighted by Crippen LogP contribution is -2.24. The van der Waals surface area contributed by atoms with Crippen LogP contribution in [0.5, 0.6) is 5.75 Å². The van der Waals surface area contributed by atoms with Crippen LogP contribution in [0.3, 0.4) is 0 Å². The molecule has 0 saturated carbocycles. The van der Waals surface area contributed by atoms with E-state index in [1.165, 1.54) is 0 Å². The number of carbonyl (C=O) groups is 1. The van der Waals surface area contributed by atoms with Gasteiger partial charge in [0.2, 0.25) is 0 Å². The summed E-state index contributed by atoms with van der Waals surface area (Å²) < 4.78 is 6.43. The zero-order valence-electron chi connectivity index (χ0n) is 12.2. The Hall–Kier alpha value is -2.27. The van der Waals surface area contributed by atoms with Crippen molar-refractivity contribution in [2.24, 2.45) is 0 Å². The van der Waals surface area contributed by atoms with Crippen molar-refractivity contribution in [3.63, 3.8) is 0 Å². The minimum Gasteiger partial charge on any atom is -0.492 e. The van der Waals surface area contributed by atoms with Crippen LogP contribution in [0, 0.1) is 0 Å². The van der Waals surface area contributed by atoms with Crippen LogP contribution < -0.4 is 15.4 Å². The van der Waals surface area contributed by atoms with Gasteiger partial charge in [0.1, 0.15) is 5.75 Å². The van der Waals surface area contributed by atoms with E-state index in [0.717, 1.165) is 10.0 Å². The summed E-state index contributed by atoms with van der Waals surface area (Å²) in [5.74, 6) is 0.648. The average molecular weight is 361 g/mol. The second kappa shape index (κ2) is 8.24. The molecular weight excluding hydrogens is 344 g/mol. The maximum absolute atomic E-state index is 11.9. The Bertz CT molecular complexity index is 671. The zero-order chi connectivity index (χ0) is 15.8. The fourth-order valence-corrected chi connectivity index (χ4v) is 2.24. The first-order valence-corrected chi connectivity index (χ1v) is 7.70. The highest BCUT2D eigenvalue weighted by Gasteiger charge is 2.05. The third-order valence-corrected chi connectivity index (χ3v) is 3.54. The number of rotatable bonds is 5. The van der Waals surface area contributed by atoms with Gasteiger partial charge in [-0.1, -0.05) is 46.3 Å². The molecule has 0 aliphatic carbocycles. The summed E-state index contributed by atoms with van der Waals surface area (Å²) in [5, 5.41) is 5.43. The topological polar surface area (TPSA) is 50.4 Å². The molecule has 0 atom stereocenters. The minimum absolute atomic E-state index is 0.324. The van der Waals surface area contributed by atoms with E-state index >= 15 is 0 Å². The molecule has 0 spiro atoms. The van der Waals surface area contributed by atoms with Crippen molar-refractivity contribution < 1.29 is 9.53 Å². The van der Waals surface area contributed by atoms with Gasteiger partial charge in [-0.2, -0.15) is 0 Å². The maximum Gasteiger partial charge on any atom is 0.323 e. The van der Waals surface area contributed by atoms with Gasteiger partial charge in [0.25, 0.3) is 0 Å².